The lowest BCUT2D eigenvalue weighted by Gasteiger charge is -2.24. The molecule has 2 aromatic heterocycles. The lowest BCUT2D eigenvalue weighted by molar-refractivity contribution is 0.462. The molecule has 108 valence electrons. The zero-order valence-electron chi connectivity index (χ0n) is 12.4. The molecule has 1 aliphatic carbocycles. The van der Waals surface area contributed by atoms with Crippen molar-refractivity contribution < 1.29 is 0 Å². The Kier molecular flexibility index (Phi) is 3.46. The summed E-state index contributed by atoms with van der Waals surface area (Å²) in [4.78, 5) is 11.2. The Morgan fingerprint density at radius 2 is 1.95 bits per heavy atom. The van der Waals surface area contributed by atoms with E-state index >= 15 is 0 Å². The number of hydrogen-bond donors (Lipinski definition) is 1. The van der Waals surface area contributed by atoms with E-state index < -0.39 is 0 Å². The standard InChI is InChI=1S/C14H22N6/c1-19(2)14-17-12(16-10-7-5-4-6-8-10)11-9-15-20(3)13(11)18-14/h9-10H,4-8H2,1-3H3,(H,16,17,18). The SMILES string of the molecule is CN(C)c1nc(NC2CCCCC2)c2cnn(C)c2n1. The van der Waals surface area contributed by atoms with Crippen LogP contribution < -0.4 is 10.2 Å². The van der Waals surface area contributed by atoms with Crippen LogP contribution in [-0.4, -0.2) is 39.9 Å². The van der Waals surface area contributed by atoms with Crippen LogP contribution in [-0.2, 0) is 7.05 Å². The summed E-state index contributed by atoms with van der Waals surface area (Å²) in [6, 6.07) is 0.525. The maximum atomic E-state index is 4.66. The fraction of sp³-hybridized carbons (Fsp3) is 0.643. The molecule has 6 heteroatoms. The Balaban J connectivity index is 1.98. The van der Waals surface area contributed by atoms with Crippen LogP contribution in [0.2, 0.25) is 0 Å². The molecule has 20 heavy (non-hydrogen) atoms. The van der Waals surface area contributed by atoms with Crippen molar-refractivity contribution in [2.24, 2.45) is 7.05 Å². The highest BCUT2D eigenvalue weighted by Gasteiger charge is 2.18. The fourth-order valence-electron chi connectivity index (χ4n) is 2.76. The first kappa shape index (κ1) is 13.1. The summed E-state index contributed by atoms with van der Waals surface area (Å²) >= 11 is 0. The van der Waals surface area contributed by atoms with Crippen LogP contribution >= 0.6 is 0 Å². The topological polar surface area (TPSA) is 58.9 Å². The molecule has 0 unspecified atom stereocenters. The molecule has 0 radical (unpaired) electrons. The predicted octanol–water partition coefficient (Wildman–Crippen LogP) is 2.17. The number of hydrogen-bond acceptors (Lipinski definition) is 5. The number of nitrogens with one attached hydrogen (secondary N) is 1. The van der Waals surface area contributed by atoms with E-state index in [1.54, 1.807) is 4.68 Å². The van der Waals surface area contributed by atoms with Crippen LogP contribution in [0.25, 0.3) is 11.0 Å². The molecule has 0 aliphatic heterocycles. The maximum absolute atomic E-state index is 4.66. The molecule has 0 aromatic carbocycles. The molecule has 2 heterocycles. The summed E-state index contributed by atoms with van der Waals surface area (Å²) in [7, 11) is 5.84. The Labute approximate surface area is 119 Å². The lowest BCUT2D eigenvalue weighted by Crippen LogP contribution is -2.24. The monoisotopic (exact) mass is 274 g/mol. The molecule has 0 saturated heterocycles. The molecule has 0 spiro atoms. The van der Waals surface area contributed by atoms with E-state index in [0.717, 1.165) is 22.8 Å². The smallest absolute Gasteiger partial charge is 0.228 e. The van der Waals surface area contributed by atoms with Crippen molar-refractivity contribution in [2.45, 2.75) is 38.1 Å². The van der Waals surface area contributed by atoms with Gasteiger partial charge >= 0.3 is 0 Å². The second-order valence-corrected chi connectivity index (χ2v) is 5.75. The van der Waals surface area contributed by atoms with Crippen LogP contribution in [0.4, 0.5) is 11.8 Å². The van der Waals surface area contributed by atoms with Gasteiger partial charge < -0.3 is 10.2 Å². The highest BCUT2D eigenvalue weighted by Crippen LogP contribution is 2.26. The van der Waals surface area contributed by atoms with E-state index in [4.69, 9.17) is 0 Å². The highest BCUT2D eigenvalue weighted by atomic mass is 15.3. The molecule has 1 aliphatic rings. The molecular weight excluding hydrogens is 252 g/mol. The van der Waals surface area contributed by atoms with Crippen LogP contribution in [0.5, 0.6) is 0 Å². The Hall–Kier alpha value is -1.85. The number of nitrogens with zero attached hydrogens (tertiary/aromatic N) is 5. The minimum absolute atomic E-state index is 0.525. The van der Waals surface area contributed by atoms with Gasteiger partial charge in [0.15, 0.2) is 5.65 Å². The summed E-state index contributed by atoms with van der Waals surface area (Å²) in [5.41, 5.74) is 0.877. The van der Waals surface area contributed by atoms with Gasteiger partial charge in [0, 0.05) is 27.2 Å². The summed E-state index contributed by atoms with van der Waals surface area (Å²) in [5, 5.41) is 8.91. The van der Waals surface area contributed by atoms with Gasteiger partial charge in [-0.05, 0) is 12.8 Å². The van der Waals surface area contributed by atoms with Crippen molar-refractivity contribution in [1.82, 2.24) is 19.7 Å². The van der Waals surface area contributed by atoms with E-state index in [0.29, 0.717) is 6.04 Å². The van der Waals surface area contributed by atoms with Gasteiger partial charge in [0.1, 0.15) is 5.82 Å². The molecule has 3 rings (SSSR count). The number of aryl methyl sites for hydroxylation is 1. The van der Waals surface area contributed by atoms with Crippen LogP contribution in [0, 0.1) is 0 Å². The second-order valence-electron chi connectivity index (χ2n) is 5.75. The van der Waals surface area contributed by atoms with Crippen molar-refractivity contribution in [3.05, 3.63) is 6.20 Å². The van der Waals surface area contributed by atoms with Crippen molar-refractivity contribution in [1.29, 1.82) is 0 Å². The molecule has 1 saturated carbocycles. The van der Waals surface area contributed by atoms with Gasteiger partial charge in [-0.2, -0.15) is 15.1 Å². The van der Waals surface area contributed by atoms with E-state index in [1.165, 1.54) is 32.1 Å². The number of aromatic nitrogens is 4. The Morgan fingerprint density at radius 3 is 2.65 bits per heavy atom. The normalized spacial score (nSPS) is 16.6. The van der Waals surface area contributed by atoms with Crippen molar-refractivity contribution in [2.75, 3.05) is 24.3 Å². The van der Waals surface area contributed by atoms with Gasteiger partial charge in [-0.3, -0.25) is 4.68 Å². The van der Waals surface area contributed by atoms with Crippen molar-refractivity contribution in [3.8, 4) is 0 Å². The summed E-state index contributed by atoms with van der Waals surface area (Å²) in [6.07, 6.45) is 8.26. The van der Waals surface area contributed by atoms with Gasteiger partial charge in [0.2, 0.25) is 5.95 Å². The van der Waals surface area contributed by atoms with Crippen molar-refractivity contribution >= 4 is 22.8 Å². The Bertz CT molecular complexity index is 597. The average molecular weight is 274 g/mol. The third kappa shape index (κ3) is 2.42. The van der Waals surface area contributed by atoms with Gasteiger partial charge in [-0.1, -0.05) is 19.3 Å². The zero-order valence-corrected chi connectivity index (χ0v) is 12.4. The molecule has 1 fully saturated rings. The molecule has 2 aromatic rings. The van der Waals surface area contributed by atoms with Crippen molar-refractivity contribution in [3.63, 3.8) is 0 Å². The van der Waals surface area contributed by atoms with Crippen LogP contribution in [0.3, 0.4) is 0 Å². The largest absolute Gasteiger partial charge is 0.367 e. The maximum Gasteiger partial charge on any atom is 0.228 e. The molecule has 0 atom stereocenters. The number of fused-ring (bicyclic) bond motifs is 1. The quantitative estimate of drug-likeness (QED) is 0.929. The first-order chi connectivity index (χ1) is 9.65. The lowest BCUT2D eigenvalue weighted by atomic mass is 9.95. The number of anilines is 2. The summed E-state index contributed by atoms with van der Waals surface area (Å²) in [5.74, 6) is 1.64. The van der Waals surface area contributed by atoms with Gasteiger partial charge in [0.25, 0.3) is 0 Å². The summed E-state index contributed by atoms with van der Waals surface area (Å²) in [6.45, 7) is 0. The van der Waals surface area contributed by atoms with Gasteiger partial charge in [-0.25, -0.2) is 0 Å². The highest BCUT2D eigenvalue weighted by molar-refractivity contribution is 5.87. The molecule has 0 bridgehead atoms. The van der Waals surface area contributed by atoms with Crippen LogP contribution in [0.15, 0.2) is 6.20 Å². The molecule has 0 amide bonds. The minimum Gasteiger partial charge on any atom is -0.367 e. The predicted molar refractivity (Wildman–Crippen MR) is 81.1 cm³/mol. The summed E-state index contributed by atoms with van der Waals surface area (Å²) < 4.78 is 1.80. The average Bonchev–Trinajstić information content (AvgIpc) is 2.82. The van der Waals surface area contributed by atoms with E-state index in [-0.39, 0.29) is 0 Å². The fourth-order valence-corrected chi connectivity index (χ4v) is 2.76. The van der Waals surface area contributed by atoms with E-state index in [1.807, 2.05) is 32.2 Å². The molecular formula is C14H22N6. The Morgan fingerprint density at radius 1 is 1.20 bits per heavy atom. The van der Waals surface area contributed by atoms with E-state index in [2.05, 4.69) is 20.4 Å². The van der Waals surface area contributed by atoms with Crippen LogP contribution in [0.1, 0.15) is 32.1 Å². The van der Waals surface area contributed by atoms with E-state index in [9.17, 15) is 0 Å². The van der Waals surface area contributed by atoms with Gasteiger partial charge in [0.05, 0.1) is 11.6 Å². The first-order valence-electron chi connectivity index (χ1n) is 7.29. The third-order valence-electron chi connectivity index (χ3n) is 3.93. The minimum atomic E-state index is 0.525. The molecule has 6 nitrogen and oxygen atoms in total. The van der Waals surface area contributed by atoms with Gasteiger partial charge in [-0.15, -0.1) is 0 Å². The number of rotatable bonds is 3. The molecule has 1 N–H and O–H groups in total. The third-order valence-corrected chi connectivity index (χ3v) is 3.93. The zero-order chi connectivity index (χ0) is 14.1. The first-order valence-corrected chi connectivity index (χ1v) is 7.29. The second kappa shape index (κ2) is 5.26.